The average molecular weight is 397 g/mol. The lowest BCUT2D eigenvalue weighted by molar-refractivity contribution is -0.132. The summed E-state index contributed by atoms with van der Waals surface area (Å²) in [5, 5.41) is 10.2. The predicted octanol–water partition coefficient (Wildman–Crippen LogP) is 4.05. The number of aliphatic hydroxyl groups is 1. The van der Waals surface area contributed by atoms with Gasteiger partial charge in [-0.25, -0.2) is 0 Å². The minimum Gasteiger partial charge on any atom is -0.395 e. The lowest BCUT2D eigenvalue weighted by Crippen LogP contribution is -2.67. The van der Waals surface area contributed by atoms with Gasteiger partial charge in [0.15, 0.2) is 0 Å². The minimum absolute atomic E-state index is 0.143. The molecule has 2 fully saturated rings. The van der Waals surface area contributed by atoms with Crippen LogP contribution in [0.25, 0.3) is 5.57 Å². The first kappa shape index (κ1) is 20.6. The Kier molecular flexibility index (Phi) is 6.41. The highest BCUT2D eigenvalue weighted by atomic mass is 16.3. The van der Waals surface area contributed by atoms with Gasteiger partial charge in [-0.05, 0) is 68.1 Å². The fraction of sp³-hybridized carbons (Fsp3) is 0.640. The van der Waals surface area contributed by atoms with Gasteiger partial charge in [-0.15, -0.1) is 0 Å². The summed E-state index contributed by atoms with van der Waals surface area (Å²) >= 11 is 0. The molecule has 1 heterocycles. The largest absolute Gasteiger partial charge is 0.395 e. The molecule has 1 aromatic carbocycles. The summed E-state index contributed by atoms with van der Waals surface area (Å²) < 4.78 is 0. The van der Waals surface area contributed by atoms with Crippen LogP contribution in [0.3, 0.4) is 0 Å². The lowest BCUT2D eigenvalue weighted by Gasteiger charge is -2.56. The van der Waals surface area contributed by atoms with Gasteiger partial charge in [0, 0.05) is 44.6 Å². The molecule has 1 saturated carbocycles. The summed E-state index contributed by atoms with van der Waals surface area (Å²) in [5.41, 5.74) is 4.13. The summed E-state index contributed by atoms with van der Waals surface area (Å²) in [7, 11) is 0. The zero-order chi connectivity index (χ0) is 20.4. The highest BCUT2D eigenvalue weighted by Gasteiger charge is 2.50. The van der Waals surface area contributed by atoms with Crippen LogP contribution in [0, 0.1) is 5.92 Å². The van der Waals surface area contributed by atoms with Crippen LogP contribution in [0.2, 0.25) is 0 Å². The third-order valence-corrected chi connectivity index (χ3v) is 7.23. The highest BCUT2D eigenvalue weighted by Crippen LogP contribution is 2.44. The first-order valence-electron chi connectivity index (χ1n) is 11.5. The number of benzene rings is 1. The Bertz CT molecular complexity index is 738. The minimum atomic E-state index is 0.143. The number of likely N-dealkylation sites (tertiary alicyclic amines) is 1. The number of allylic oxidation sites excluding steroid dienone is 2. The van der Waals surface area contributed by atoms with Crippen molar-refractivity contribution in [1.29, 1.82) is 0 Å². The molecule has 1 aromatic rings. The second-order valence-corrected chi connectivity index (χ2v) is 9.14. The Hall–Kier alpha value is -1.65. The van der Waals surface area contributed by atoms with Crippen molar-refractivity contribution in [2.75, 3.05) is 26.2 Å². The lowest BCUT2D eigenvalue weighted by atomic mass is 9.74. The van der Waals surface area contributed by atoms with Crippen molar-refractivity contribution in [3.63, 3.8) is 0 Å². The van der Waals surface area contributed by atoms with E-state index in [1.807, 2.05) is 4.90 Å². The summed E-state index contributed by atoms with van der Waals surface area (Å²) in [5.74, 6) is 1.21. The van der Waals surface area contributed by atoms with Crippen molar-refractivity contribution in [3.05, 3.63) is 41.5 Å². The Labute approximate surface area is 175 Å². The van der Waals surface area contributed by atoms with Gasteiger partial charge >= 0.3 is 0 Å². The smallest absolute Gasteiger partial charge is 0.219 e. The molecule has 0 aromatic heterocycles. The van der Waals surface area contributed by atoms with E-state index < -0.39 is 0 Å². The molecule has 4 rings (SSSR count). The third-order valence-electron chi connectivity index (χ3n) is 7.23. The average Bonchev–Trinajstić information content (AvgIpc) is 3.56. The quantitative estimate of drug-likeness (QED) is 0.721. The second-order valence-electron chi connectivity index (χ2n) is 9.14. The summed E-state index contributed by atoms with van der Waals surface area (Å²) in [4.78, 5) is 16.5. The first-order valence-corrected chi connectivity index (χ1v) is 11.5. The van der Waals surface area contributed by atoms with Crippen molar-refractivity contribution >= 4 is 11.5 Å². The van der Waals surface area contributed by atoms with E-state index >= 15 is 0 Å². The van der Waals surface area contributed by atoms with Crippen molar-refractivity contribution in [2.45, 2.75) is 70.4 Å². The molecule has 1 saturated heterocycles. The van der Waals surface area contributed by atoms with Gasteiger partial charge < -0.3 is 10.0 Å². The zero-order valence-electron chi connectivity index (χ0n) is 18.0. The van der Waals surface area contributed by atoms with Gasteiger partial charge in [-0.2, -0.15) is 0 Å². The van der Waals surface area contributed by atoms with Crippen molar-refractivity contribution in [1.82, 2.24) is 9.80 Å². The van der Waals surface area contributed by atoms with E-state index in [1.54, 1.807) is 6.92 Å². The maximum absolute atomic E-state index is 12.1. The van der Waals surface area contributed by atoms with E-state index in [2.05, 4.69) is 42.2 Å². The van der Waals surface area contributed by atoms with Gasteiger partial charge in [0.05, 0.1) is 6.61 Å². The van der Waals surface area contributed by atoms with Crippen LogP contribution >= 0.6 is 0 Å². The number of aliphatic hydroxyl groups excluding tert-OH is 1. The fourth-order valence-corrected chi connectivity index (χ4v) is 5.29. The van der Waals surface area contributed by atoms with E-state index in [-0.39, 0.29) is 18.6 Å². The highest BCUT2D eigenvalue weighted by molar-refractivity contribution is 5.73. The zero-order valence-corrected chi connectivity index (χ0v) is 18.0. The predicted molar refractivity (Wildman–Crippen MR) is 118 cm³/mol. The van der Waals surface area contributed by atoms with E-state index in [0.29, 0.717) is 12.0 Å². The molecule has 4 heteroatoms. The molecule has 158 valence electrons. The van der Waals surface area contributed by atoms with Gasteiger partial charge in [0.25, 0.3) is 0 Å². The van der Waals surface area contributed by atoms with Crippen molar-refractivity contribution in [2.24, 2.45) is 5.92 Å². The maximum Gasteiger partial charge on any atom is 0.219 e. The first-order chi connectivity index (χ1) is 14.1. The van der Waals surface area contributed by atoms with E-state index in [4.69, 9.17) is 0 Å². The molecule has 0 bridgehead atoms. The summed E-state index contributed by atoms with van der Waals surface area (Å²) in [6, 6.07) is 9.55. The fourth-order valence-electron chi connectivity index (χ4n) is 5.29. The van der Waals surface area contributed by atoms with Gasteiger partial charge in [0.1, 0.15) is 0 Å². The van der Waals surface area contributed by atoms with Crippen molar-refractivity contribution in [3.8, 4) is 0 Å². The number of likely N-dealkylation sites (N-methyl/N-ethyl adjacent to an activating group) is 1. The van der Waals surface area contributed by atoms with Gasteiger partial charge in [0.2, 0.25) is 5.91 Å². The second kappa shape index (κ2) is 9.01. The Balaban J connectivity index is 1.55. The van der Waals surface area contributed by atoms with Crippen LogP contribution in [0.5, 0.6) is 0 Å². The number of carbonyl (C=O) groups is 1. The molecule has 1 aliphatic heterocycles. The molecular formula is C25H36N2O2. The number of rotatable bonds is 8. The van der Waals surface area contributed by atoms with Crippen LogP contribution in [0.1, 0.15) is 69.4 Å². The molecule has 4 nitrogen and oxygen atoms in total. The number of hydrogen-bond acceptors (Lipinski definition) is 3. The molecular weight excluding hydrogens is 360 g/mol. The van der Waals surface area contributed by atoms with Crippen LogP contribution in [-0.2, 0) is 4.79 Å². The SMILES string of the molecule is CCN(C[C@H]1[C@H](c2ccc(C3=CCCCC3)cc2)[C@H](CO)N1CC1CC1)C(C)=O. The van der Waals surface area contributed by atoms with Gasteiger partial charge in [-0.3, -0.25) is 9.69 Å². The van der Waals surface area contributed by atoms with Crippen molar-refractivity contribution < 1.29 is 9.90 Å². The Morgan fingerprint density at radius 3 is 2.48 bits per heavy atom. The number of carbonyl (C=O) groups excluding carboxylic acids is 1. The number of hydrogen-bond donors (Lipinski definition) is 1. The van der Waals surface area contributed by atoms with Gasteiger partial charge in [-0.1, -0.05) is 30.3 Å². The molecule has 0 unspecified atom stereocenters. The standard InChI is InChI=1S/C25H36N2O2/c1-3-26(18(2)29)16-23-25(24(17-28)27(23)15-19-9-10-19)22-13-11-21(12-14-22)20-7-5-4-6-8-20/h7,11-14,19,23-25,28H,3-6,8-10,15-17H2,1-2H3/t23-,24-,25-/m0/s1. The normalized spacial score (nSPS) is 27.3. The molecule has 1 amide bonds. The van der Waals surface area contributed by atoms with Crippen LogP contribution < -0.4 is 0 Å². The molecule has 0 spiro atoms. The Morgan fingerprint density at radius 2 is 1.93 bits per heavy atom. The molecule has 0 radical (unpaired) electrons. The van der Waals surface area contributed by atoms with E-state index in [1.165, 1.54) is 55.2 Å². The third kappa shape index (κ3) is 4.44. The monoisotopic (exact) mass is 396 g/mol. The Morgan fingerprint density at radius 1 is 1.17 bits per heavy atom. The maximum atomic E-state index is 12.1. The molecule has 2 aliphatic carbocycles. The molecule has 1 N–H and O–H groups in total. The summed E-state index contributed by atoms with van der Waals surface area (Å²) in [6.45, 7) is 6.47. The van der Waals surface area contributed by atoms with Crippen LogP contribution in [0.4, 0.5) is 0 Å². The number of amides is 1. The molecule has 3 atom stereocenters. The van der Waals surface area contributed by atoms with Crippen LogP contribution in [-0.4, -0.2) is 59.1 Å². The topological polar surface area (TPSA) is 43.8 Å². The number of nitrogens with zero attached hydrogens (tertiary/aromatic N) is 2. The molecule has 29 heavy (non-hydrogen) atoms. The van der Waals surface area contributed by atoms with E-state index in [0.717, 1.165) is 25.6 Å². The van der Waals surface area contributed by atoms with Crippen LogP contribution in [0.15, 0.2) is 30.3 Å². The van der Waals surface area contributed by atoms with E-state index in [9.17, 15) is 9.90 Å². The summed E-state index contributed by atoms with van der Waals surface area (Å²) in [6.07, 6.45) is 9.99. The molecule has 3 aliphatic rings.